The Hall–Kier alpha value is -1.02. The van der Waals surface area contributed by atoms with Crippen LogP contribution in [-0.2, 0) is 0 Å². The summed E-state index contributed by atoms with van der Waals surface area (Å²) >= 11 is 0. The van der Waals surface area contributed by atoms with E-state index in [4.69, 9.17) is 0 Å². The molecule has 0 spiro atoms. The first kappa shape index (κ1) is 11.5. The van der Waals surface area contributed by atoms with Crippen LogP contribution in [0, 0.1) is 6.92 Å². The Morgan fingerprint density at radius 1 is 1.25 bits per heavy atom. The zero-order valence-corrected chi connectivity index (χ0v) is 10.4. The minimum absolute atomic E-state index is 0.704. The van der Waals surface area contributed by atoms with Gasteiger partial charge in [0.1, 0.15) is 0 Å². The van der Waals surface area contributed by atoms with Crippen molar-refractivity contribution in [2.75, 3.05) is 24.5 Å². The summed E-state index contributed by atoms with van der Waals surface area (Å²) in [6, 6.07) is 9.58. The van der Waals surface area contributed by atoms with Crippen LogP contribution < -0.4 is 10.2 Å². The quantitative estimate of drug-likeness (QED) is 0.820. The Morgan fingerprint density at radius 2 is 2.00 bits per heavy atom. The topological polar surface area (TPSA) is 15.3 Å². The van der Waals surface area contributed by atoms with Gasteiger partial charge in [0, 0.05) is 31.4 Å². The van der Waals surface area contributed by atoms with Crippen molar-refractivity contribution < 1.29 is 0 Å². The monoisotopic (exact) mass is 218 g/mol. The van der Waals surface area contributed by atoms with Gasteiger partial charge < -0.3 is 10.2 Å². The average Bonchev–Trinajstić information content (AvgIpc) is 2.55. The van der Waals surface area contributed by atoms with Gasteiger partial charge >= 0.3 is 0 Å². The third-order valence-corrected chi connectivity index (χ3v) is 3.45. The van der Waals surface area contributed by atoms with Crippen LogP contribution in [0.25, 0.3) is 0 Å². The molecule has 1 saturated heterocycles. The van der Waals surface area contributed by atoms with Crippen molar-refractivity contribution in [2.24, 2.45) is 0 Å². The molecule has 1 heterocycles. The molecule has 0 radical (unpaired) electrons. The van der Waals surface area contributed by atoms with E-state index in [0.29, 0.717) is 6.04 Å². The highest BCUT2D eigenvalue weighted by Gasteiger charge is 2.14. The molecule has 88 valence electrons. The summed E-state index contributed by atoms with van der Waals surface area (Å²) in [5.74, 6) is 0. The first-order chi connectivity index (χ1) is 7.79. The maximum Gasteiger partial charge on any atom is 0.0366 e. The summed E-state index contributed by atoms with van der Waals surface area (Å²) in [5, 5.41) is 3.60. The minimum atomic E-state index is 0.704. The van der Waals surface area contributed by atoms with Gasteiger partial charge in [0.05, 0.1) is 0 Å². The molecule has 1 aromatic carbocycles. The first-order valence-corrected chi connectivity index (χ1v) is 6.34. The van der Waals surface area contributed by atoms with E-state index < -0.39 is 0 Å². The van der Waals surface area contributed by atoms with Crippen molar-refractivity contribution in [2.45, 2.75) is 32.7 Å². The molecule has 0 bridgehead atoms. The Morgan fingerprint density at radius 3 is 2.69 bits per heavy atom. The fourth-order valence-electron chi connectivity index (χ4n) is 2.29. The van der Waals surface area contributed by atoms with E-state index in [1.54, 1.807) is 0 Å². The summed E-state index contributed by atoms with van der Waals surface area (Å²) in [7, 11) is 0. The van der Waals surface area contributed by atoms with Crippen LogP contribution in [0.5, 0.6) is 0 Å². The van der Waals surface area contributed by atoms with Crippen LogP contribution in [0.2, 0.25) is 0 Å². The van der Waals surface area contributed by atoms with Crippen LogP contribution in [0.1, 0.15) is 25.3 Å². The zero-order valence-electron chi connectivity index (χ0n) is 10.4. The van der Waals surface area contributed by atoms with E-state index in [2.05, 4.69) is 48.3 Å². The number of nitrogens with one attached hydrogen (secondary N) is 1. The molecule has 0 aliphatic carbocycles. The summed E-state index contributed by atoms with van der Waals surface area (Å²) in [5.41, 5.74) is 2.70. The molecule has 1 unspecified atom stereocenters. The van der Waals surface area contributed by atoms with E-state index in [1.807, 2.05) is 0 Å². The highest BCUT2D eigenvalue weighted by atomic mass is 15.2. The lowest BCUT2D eigenvalue weighted by atomic mass is 10.1. The van der Waals surface area contributed by atoms with Gasteiger partial charge in [-0.2, -0.15) is 0 Å². The Balaban J connectivity index is 2.02. The van der Waals surface area contributed by atoms with Gasteiger partial charge in [-0.05, 0) is 31.9 Å². The maximum atomic E-state index is 3.60. The molecule has 0 saturated carbocycles. The second kappa shape index (κ2) is 5.35. The Labute approximate surface area is 98.7 Å². The number of aryl methyl sites for hydroxylation is 1. The van der Waals surface area contributed by atoms with E-state index >= 15 is 0 Å². The summed E-state index contributed by atoms with van der Waals surface area (Å²) in [6.07, 6.45) is 2.49. The van der Waals surface area contributed by atoms with E-state index in [9.17, 15) is 0 Å². The summed E-state index contributed by atoms with van der Waals surface area (Å²) in [4.78, 5) is 2.49. The van der Waals surface area contributed by atoms with Crippen LogP contribution in [0.4, 0.5) is 5.69 Å². The molecule has 1 fully saturated rings. The van der Waals surface area contributed by atoms with Crippen molar-refractivity contribution in [1.82, 2.24) is 5.32 Å². The van der Waals surface area contributed by atoms with Crippen LogP contribution >= 0.6 is 0 Å². The lowest BCUT2D eigenvalue weighted by Gasteiger charge is -2.22. The minimum Gasteiger partial charge on any atom is -0.370 e. The van der Waals surface area contributed by atoms with E-state index in [1.165, 1.54) is 30.6 Å². The second-order valence-corrected chi connectivity index (χ2v) is 4.67. The van der Waals surface area contributed by atoms with Crippen molar-refractivity contribution >= 4 is 5.69 Å². The Bertz CT molecular complexity index is 318. The fraction of sp³-hybridized carbons (Fsp3) is 0.571. The SMILES string of the molecule is CCC1CCN(c2ccc(C)cc2)CCN1. The van der Waals surface area contributed by atoms with Crippen molar-refractivity contribution in [3.8, 4) is 0 Å². The highest BCUT2D eigenvalue weighted by molar-refractivity contribution is 5.47. The van der Waals surface area contributed by atoms with Gasteiger partial charge in [-0.1, -0.05) is 24.6 Å². The average molecular weight is 218 g/mol. The molecule has 16 heavy (non-hydrogen) atoms. The number of hydrogen-bond donors (Lipinski definition) is 1. The third-order valence-electron chi connectivity index (χ3n) is 3.45. The van der Waals surface area contributed by atoms with Gasteiger partial charge in [0.25, 0.3) is 0 Å². The van der Waals surface area contributed by atoms with Gasteiger partial charge in [-0.25, -0.2) is 0 Å². The number of anilines is 1. The van der Waals surface area contributed by atoms with Crippen LogP contribution in [0.15, 0.2) is 24.3 Å². The van der Waals surface area contributed by atoms with Crippen LogP contribution in [0.3, 0.4) is 0 Å². The van der Waals surface area contributed by atoms with E-state index in [0.717, 1.165) is 13.1 Å². The molecule has 0 amide bonds. The molecule has 1 aliphatic rings. The summed E-state index contributed by atoms with van der Waals surface area (Å²) in [6.45, 7) is 7.81. The number of nitrogens with zero attached hydrogens (tertiary/aromatic N) is 1. The molecular weight excluding hydrogens is 196 g/mol. The van der Waals surface area contributed by atoms with Gasteiger partial charge in [-0.15, -0.1) is 0 Å². The molecule has 1 aromatic rings. The second-order valence-electron chi connectivity index (χ2n) is 4.67. The van der Waals surface area contributed by atoms with Gasteiger partial charge in [0.2, 0.25) is 0 Å². The number of rotatable bonds is 2. The largest absolute Gasteiger partial charge is 0.370 e. The highest BCUT2D eigenvalue weighted by Crippen LogP contribution is 2.17. The molecule has 1 atom stereocenters. The van der Waals surface area contributed by atoms with Crippen LogP contribution in [-0.4, -0.2) is 25.7 Å². The lowest BCUT2D eigenvalue weighted by Crippen LogP contribution is -2.29. The molecule has 2 nitrogen and oxygen atoms in total. The summed E-state index contributed by atoms with van der Waals surface area (Å²) < 4.78 is 0. The Kier molecular flexibility index (Phi) is 3.83. The normalized spacial score (nSPS) is 21.9. The molecule has 2 rings (SSSR count). The fourth-order valence-corrected chi connectivity index (χ4v) is 2.29. The van der Waals surface area contributed by atoms with Crippen molar-refractivity contribution in [1.29, 1.82) is 0 Å². The van der Waals surface area contributed by atoms with Gasteiger partial charge in [0.15, 0.2) is 0 Å². The van der Waals surface area contributed by atoms with Crippen molar-refractivity contribution in [3.05, 3.63) is 29.8 Å². The molecule has 1 N–H and O–H groups in total. The zero-order chi connectivity index (χ0) is 11.4. The predicted molar refractivity (Wildman–Crippen MR) is 70.1 cm³/mol. The molecule has 2 heteroatoms. The maximum absolute atomic E-state index is 3.60. The number of benzene rings is 1. The smallest absolute Gasteiger partial charge is 0.0366 e. The first-order valence-electron chi connectivity index (χ1n) is 6.34. The van der Waals surface area contributed by atoms with Crippen molar-refractivity contribution in [3.63, 3.8) is 0 Å². The van der Waals surface area contributed by atoms with Gasteiger partial charge in [-0.3, -0.25) is 0 Å². The molecular formula is C14H22N2. The molecule has 1 aliphatic heterocycles. The third kappa shape index (κ3) is 2.76. The standard InChI is InChI=1S/C14H22N2/c1-3-13-8-10-16(11-9-15-13)14-6-4-12(2)5-7-14/h4-7,13,15H,3,8-11H2,1-2H3. The van der Waals surface area contributed by atoms with E-state index in [-0.39, 0.29) is 0 Å². The lowest BCUT2D eigenvalue weighted by molar-refractivity contribution is 0.510. The molecule has 0 aromatic heterocycles. The number of hydrogen-bond acceptors (Lipinski definition) is 2. The predicted octanol–water partition coefficient (Wildman–Crippen LogP) is 2.57.